The van der Waals surface area contributed by atoms with Crippen LogP contribution in [0, 0.1) is 0 Å². The van der Waals surface area contributed by atoms with Gasteiger partial charge in [0.1, 0.15) is 0 Å². The molecule has 1 aromatic rings. The van der Waals surface area contributed by atoms with Gasteiger partial charge in [-0.1, -0.05) is 0 Å². The first kappa shape index (κ1) is 13.8. The van der Waals surface area contributed by atoms with Crippen LogP contribution in [0.3, 0.4) is 0 Å². The third-order valence-electron chi connectivity index (χ3n) is 3.01. The third-order valence-corrected chi connectivity index (χ3v) is 3.01. The first-order valence-corrected chi connectivity index (χ1v) is 6.73. The Morgan fingerprint density at radius 3 is 2.84 bits per heavy atom. The number of likely N-dealkylation sites (N-methyl/N-ethyl adjacent to an activating group) is 1. The van der Waals surface area contributed by atoms with Crippen molar-refractivity contribution in [1.82, 2.24) is 15.0 Å². The zero-order valence-electron chi connectivity index (χ0n) is 11.5. The summed E-state index contributed by atoms with van der Waals surface area (Å²) in [5.41, 5.74) is 5.69. The van der Waals surface area contributed by atoms with Crippen molar-refractivity contribution in [3.05, 3.63) is 0 Å². The number of anilines is 2. The predicted molar refractivity (Wildman–Crippen MR) is 72.3 cm³/mol. The van der Waals surface area contributed by atoms with Crippen molar-refractivity contribution in [1.29, 1.82) is 0 Å². The topological polar surface area (TPSA) is 86.4 Å². The van der Waals surface area contributed by atoms with Crippen molar-refractivity contribution in [3.63, 3.8) is 0 Å². The summed E-state index contributed by atoms with van der Waals surface area (Å²) in [5, 5.41) is 0. The smallest absolute Gasteiger partial charge is 0.323 e. The van der Waals surface area contributed by atoms with Crippen LogP contribution in [0.15, 0.2) is 0 Å². The molecule has 2 heterocycles. The molecule has 2 rings (SSSR count). The van der Waals surface area contributed by atoms with Crippen LogP contribution in [-0.4, -0.2) is 47.4 Å². The van der Waals surface area contributed by atoms with E-state index in [0.29, 0.717) is 12.6 Å². The predicted octanol–water partition coefficient (Wildman–Crippen LogP) is 0.858. The largest absolute Gasteiger partial charge is 0.464 e. The highest BCUT2D eigenvalue weighted by Crippen LogP contribution is 2.18. The highest BCUT2D eigenvalue weighted by Gasteiger charge is 2.21. The molecule has 1 aliphatic heterocycles. The van der Waals surface area contributed by atoms with Gasteiger partial charge in [-0.3, -0.25) is 0 Å². The van der Waals surface area contributed by atoms with Crippen LogP contribution in [0.25, 0.3) is 0 Å². The minimum atomic E-state index is 0.180. The minimum absolute atomic E-state index is 0.180. The Kier molecular flexibility index (Phi) is 4.73. The minimum Gasteiger partial charge on any atom is -0.464 e. The number of hydrogen-bond acceptors (Lipinski definition) is 7. The second kappa shape index (κ2) is 6.51. The summed E-state index contributed by atoms with van der Waals surface area (Å²) in [6.07, 6.45) is 2.44. The zero-order chi connectivity index (χ0) is 13.7. The Morgan fingerprint density at radius 1 is 1.37 bits per heavy atom. The first-order chi connectivity index (χ1) is 9.22. The molecule has 7 heteroatoms. The summed E-state index contributed by atoms with van der Waals surface area (Å²) >= 11 is 0. The van der Waals surface area contributed by atoms with Crippen molar-refractivity contribution < 1.29 is 9.47 Å². The van der Waals surface area contributed by atoms with E-state index in [2.05, 4.69) is 21.9 Å². The molecule has 1 saturated heterocycles. The summed E-state index contributed by atoms with van der Waals surface area (Å²) in [6.45, 7) is 6.83. The van der Waals surface area contributed by atoms with Gasteiger partial charge in [0.2, 0.25) is 11.9 Å². The Bertz CT molecular complexity index is 409. The van der Waals surface area contributed by atoms with Gasteiger partial charge in [0.05, 0.1) is 12.7 Å². The molecule has 0 radical (unpaired) electrons. The second-order valence-corrected chi connectivity index (χ2v) is 4.38. The third kappa shape index (κ3) is 3.66. The molecule has 1 atom stereocenters. The maximum absolute atomic E-state index is 5.69. The molecular formula is C12H21N5O2. The normalized spacial score (nSPS) is 18.5. The molecule has 0 spiro atoms. The summed E-state index contributed by atoms with van der Waals surface area (Å²) < 4.78 is 10.9. The van der Waals surface area contributed by atoms with Crippen LogP contribution in [0.4, 0.5) is 11.9 Å². The van der Waals surface area contributed by atoms with Gasteiger partial charge in [0.25, 0.3) is 0 Å². The molecule has 1 aromatic heterocycles. The van der Waals surface area contributed by atoms with Gasteiger partial charge in [0.15, 0.2) is 0 Å². The fourth-order valence-electron chi connectivity index (χ4n) is 2.08. The number of nitrogens with two attached hydrogens (primary N) is 1. The van der Waals surface area contributed by atoms with E-state index in [0.717, 1.165) is 32.5 Å². The van der Waals surface area contributed by atoms with Crippen LogP contribution in [0.5, 0.6) is 6.01 Å². The molecule has 1 aliphatic rings. The lowest BCUT2D eigenvalue weighted by Gasteiger charge is -2.24. The number of hydrogen-bond donors (Lipinski definition) is 1. The molecule has 0 aromatic carbocycles. The van der Waals surface area contributed by atoms with Crippen LogP contribution in [0.1, 0.15) is 26.7 Å². The average molecular weight is 267 g/mol. The van der Waals surface area contributed by atoms with Crippen molar-refractivity contribution >= 4 is 11.9 Å². The van der Waals surface area contributed by atoms with Gasteiger partial charge < -0.3 is 20.1 Å². The van der Waals surface area contributed by atoms with Gasteiger partial charge in [-0.25, -0.2) is 0 Å². The molecule has 106 valence electrons. The molecule has 0 amide bonds. The summed E-state index contributed by atoms with van der Waals surface area (Å²) in [5.74, 6) is 0.730. The monoisotopic (exact) mass is 267 g/mol. The molecule has 0 bridgehead atoms. The van der Waals surface area contributed by atoms with Gasteiger partial charge in [-0.15, -0.1) is 0 Å². The Balaban J connectivity index is 2.11. The average Bonchev–Trinajstić information content (AvgIpc) is 2.88. The van der Waals surface area contributed by atoms with Crippen molar-refractivity contribution in [3.8, 4) is 6.01 Å². The first-order valence-electron chi connectivity index (χ1n) is 6.73. The molecule has 1 unspecified atom stereocenters. The molecule has 0 aliphatic carbocycles. The fourth-order valence-corrected chi connectivity index (χ4v) is 2.08. The maximum Gasteiger partial charge on any atom is 0.323 e. The molecule has 19 heavy (non-hydrogen) atoms. The molecule has 1 fully saturated rings. The number of aromatic nitrogens is 3. The highest BCUT2D eigenvalue weighted by molar-refractivity contribution is 5.36. The van der Waals surface area contributed by atoms with E-state index >= 15 is 0 Å². The Hall–Kier alpha value is -1.63. The Labute approximate surface area is 113 Å². The summed E-state index contributed by atoms with van der Waals surface area (Å²) in [7, 11) is 0. The van der Waals surface area contributed by atoms with Gasteiger partial charge in [-0.05, 0) is 26.7 Å². The van der Waals surface area contributed by atoms with E-state index in [1.807, 2.05) is 11.8 Å². The van der Waals surface area contributed by atoms with Gasteiger partial charge in [-0.2, -0.15) is 15.0 Å². The van der Waals surface area contributed by atoms with Crippen molar-refractivity contribution in [2.45, 2.75) is 32.8 Å². The lowest BCUT2D eigenvalue weighted by Crippen LogP contribution is -2.33. The van der Waals surface area contributed by atoms with E-state index < -0.39 is 0 Å². The van der Waals surface area contributed by atoms with E-state index in [1.54, 1.807) is 0 Å². The highest BCUT2D eigenvalue weighted by atomic mass is 16.5. The number of ether oxygens (including phenoxy) is 2. The van der Waals surface area contributed by atoms with Crippen LogP contribution in [-0.2, 0) is 4.74 Å². The maximum atomic E-state index is 5.69. The second-order valence-electron chi connectivity index (χ2n) is 4.38. The van der Waals surface area contributed by atoms with Gasteiger partial charge in [0, 0.05) is 19.7 Å². The standard InChI is InChI=1S/C12H21N5O2/c1-3-17(8-9-6-5-7-19-9)11-14-10(13)15-12(16-11)18-4-2/h9H,3-8H2,1-2H3,(H2,13,14,15,16). The summed E-state index contributed by atoms with van der Waals surface area (Å²) in [6, 6.07) is 0.274. The summed E-state index contributed by atoms with van der Waals surface area (Å²) in [4.78, 5) is 14.4. The van der Waals surface area contributed by atoms with Crippen LogP contribution >= 0.6 is 0 Å². The molecule has 2 N–H and O–H groups in total. The van der Waals surface area contributed by atoms with Crippen molar-refractivity contribution in [2.75, 3.05) is 36.9 Å². The van der Waals surface area contributed by atoms with E-state index in [1.165, 1.54) is 0 Å². The fraction of sp³-hybridized carbons (Fsp3) is 0.750. The molecule has 0 saturated carbocycles. The lowest BCUT2D eigenvalue weighted by atomic mass is 10.2. The van der Waals surface area contributed by atoms with Crippen LogP contribution < -0.4 is 15.4 Å². The molecular weight excluding hydrogens is 246 g/mol. The molecule has 7 nitrogen and oxygen atoms in total. The van der Waals surface area contributed by atoms with E-state index in [9.17, 15) is 0 Å². The Morgan fingerprint density at radius 2 is 2.21 bits per heavy atom. The zero-order valence-corrected chi connectivity index (χ0v) is 11.5. The quantitative estimate of drug-likeness (QED) is 0.817. The number of nitrogen functional groups attached to an aromatic ring is 1. The van der Waals surface area contributed by atoms with E-state index in [-0.39, 0.29) is 18.1 Å². The van der Waals surface area contributed by atoms with Crippen LogP contribution in [0.2, 0.25) is 0 Å². The van der Waals surface area contributed by atoms with Crippen molar-refractivity contribution in [2.24, 2.45) is 0 Å². The SMILES string of the molecule is CCOc1nc(N)nc(N(CC)CC2CCCO2)n1. The lowest BCUT2D eigenvalue weighted by molar-refractivity contribution is 0.115. The van der Waals surface area contributed by atoms with Gasteiger partial charge >= 0.3 is 6.01 Å². The number of rotatable bonds is 6. The number of nitrogens with zero attached hydrogens (tertiary/aromatic N) is 4. The van der Waals surface area contributed by atoms with E-state index in [4.69, 9.17) is 15.2 Å².